The lowest BCUT2D eigenvalue weighted by Gasteiger charge is -2.27. The van der Waals surface area contributed by atoms with Crippen LogP contribution in [0.1, 0.15) is 49.4 Å². The monoisotopic (exact) mass is 282 g/mol. The number of hydrogen-bond donors (Lipinski definition) is 2. The molecule has 0 heterocycles. The Balaban J connectivity index is 0.00000180. The molecule has 1 saturated carbocycles. The molecule has 2 rings (SSSR count). The van der Waals surface area contributed by atoms with E-state index in [1.54, 1.807) is 12.1 Å². The third-order valence-corrected chi connectivity index (χ3v) is 4.24. The van der Waals surface area contributed by atoms with E-state index < -0.39 is 0 Å². The predicted octanol–water partition coefficient (Wildman–Crippen LogP) is 3.39. The molecule has 0 aromatic heterocycles. The van der Waals surface area contributed by atoms with Gasteiger partial charge < -0.3 is 11.1 Å². The van der Waals surface area contributed by atoms with Crippen LogP contribution in [-0.2, 0) is 0 Å². The number of para-hydroxylation sites is 1. The molecule has 0 radical (unpaired) electrons. The van der Waals surface area contributed by atoms with E-state index in [4.69, 9.17) is 5.73 Å². The average molecular weight is 283 g/mol. The van der Waals surface area contributed by atoms with Crippen LogP contribution in [0.25, 0.3) is 0 Å². The number of carbonyl (C=O) groups excluding carboxylic acids is 1. The van der Waals surface area contributed by atoms with E-state index >= 15 is 0 Å². The molecule has 0 saturated heterocycles. The lowest BCUT2D eigenvalue weighted by molar-refractivity contribution is 0.0929. The summed E-state index contributed by atoms with van der Waals surface area (Å²) in [4.78, 5) is 12.1. The summed E-state index contributed by atoms with van der Waals surface area (Å²) in [6, 6.07) is 7.23. The van der Waals surface area contributed by atoms with Gasteiger partial charge in [0.1, 0.15) is 0 Å². The first-order chi connectivity index (χ1) is 8.67. The number of halogens is 1. The summed E-state index contributed by atoms with van der Waals surface area (Å²) in [7, 11) is 0. The summed E-state index contributed by atoms with van der Waals surface area (Å²) in [6.45, 7) is 2.99. The summed E-state index contributed by atoms with van der Waals surface area (Å²) in [5, 5.41) is 3.05. The van der Waals surface area contributed by atoms with Crippen molar-refractivity contribution in [3.63, 3.8) is 0 Å². The van der Waals surface area contributed by atoms with E-state index in [9.17, 15) is 4.79 Å². The second kappa shape index (κ2) is 6.80. The SMILES string of the molecule is CCC1(CNC(=O)c2ccccc2N)CCCC1.Cl. The number of hydrogen-bond acceptors (Lipinski definition) is 2. The van der Waals surface area contributed by atoms with E-state index in [-0.39, 0.29) is 18.3 Å². The molecule has 0 atom stereocenters. The molecule has 1 aliphatic carbocycles. The zero-order chi connectivity index (χ0) is 13.0. The van der Waals surface area contributed by atoms with Gasteiger partial charge in [0, 0.05) is 12.2 Å². The van der Waals surface area contributed by atoms with Crippen molar-refractivity contribution in [3.8, 4) is 0 Å². The first kappa shape index (κ1) is 15.8. The molecule has 0 aliphatic heterocycles. The molecule has 1 aromatic carbocycles. The van der Waals surface area contributed by atoms with Crippen LogP contribution in [-0.4, -0.2) is 12.5 Å². The minimum absolute atomic E-state index is 0. The van der Waals surface area contributed by atoms with Gasteiger partial charge in [-0.3, -0.25) is 4.79 Å². The predicted molar refractivity (Wildman–Crippen MR) is 81.6 cm³/mol. The van der Waals surface area contributed by atoms with Gasteiger partial charge in [-0.1, -0.05) is 31.9 Å². The highest BCUT2D eigenvalue weighted by Crippen LogP contribution is 2.40. The van der Waals surface area contributed by atoms with Crippen LogP contribution in [0.4, 0.5) is 5.69 Å². The van der Waals surface area contributed by atoms with Gasteiger partial charge in [0.05, 0.1) is 5.56 Å². The van der Waals surface area contributed by atoms with Crippen LogP contribution in [0.15, 0.2) is 24.3 Å². The number of amides is 1. The Morgan fingerprint density at radius 3 is 2.53 bits per heavy atom. The maximum absolute atomic E-state index is 12.1. The van der Waals surface area contributed by atoms with Crippen molar-refractivity contribution in [1.29, 1.82) is 0 Å². The molecular formula is C15H23ClN2O. The number of nitrogens with two attached hydrogens (primary N) is 1. The Kier molecular flexibility index (Phi) is 5.67. The van der Waals surface area contributed by atoms with Crippen molar-refractivity contribution >= 4 is 24.0 Å². The molecule has 0 bridgehead atoms. The molecule has 0 unspecified atom stereocenters. The maximum Gasteiger partial charge on any atom is 0.253 e. The smallest absolute Gasteiger partial charge is 0.253 e. The minimum Gasteiger partial charge on any atom is -0.398 e. The summed E-state index contributed by atoms with van der Waals surface area (Å²) < 4.78 is 0. The number of benzene rings is 1. The summed E-state index contributed by atoms with van der Waals surface area (Å²) in [5.74, 6) is -0.0483. The zero-order valence-electron chi connectivity index (χ0n) is 11.4. The largest absolute Gasteiger partial charge is 0.398 e. The zero-order valence-corrected chi connectivity index (χ0v) is 12.3. The highest BCUT2D eigenvalue weighted by Gasteiger charge is 2.32. The van der Waals surface area contributed by atoms with Crippen molar-refractivity contribution in [2.45, 2.75) is 39.0 Å². The van der Waals surface area contributed by atoms with Crippen molar-refractivity contribution in [1.82, 2.24) is 5.32 Å². The van der Waals surface area contributed by atoms with Gasteiger partial charge in [-0.2, -0.15) is 0 Å². The fraction of sp³-hybridized carbons (Fsp3) is 0.533. The van der Waals surface area contributed by atoms with Gasteiger partial charge in [-0.25, -0.2) is 0 Å². The normalized spacial score (nSPS) is 16.7. The molecule has 3 N–H and O–H groups in total. The van der Waals surface area contributed by atoms with Gasteiger partial charge in [0.2, 0.25) is 0 Å². The van der Waals surface area contributed by atoms with Gasteiger partial charge in [0.15, 0.2) is 0 Å². The Labute approximate surface area is 121 Å². The molecule has 0 spiro atoms. The van der Waals surface area contributed by atoms with Crippen LogP contribution >= 0.6 is 12.4 Å². The van der Waals surface area contributed by atoms with Crippen molar-refractivity contribution in [2.24, 2.45) is 5.41 Å². The number of rotatable bonds is 4. The van der Waals surface area contributed by atoms with E-state index in [2.05, 4.69) is 12.2 Å². The van der Waals surface area contributed by atoms with Gasteiger partial charge >= 0.3 is 0 Å². The van der Waals surface area contributed by atoms with Gasteiger partial charge in [-0.05, 0) is 36.8 Å². The van der Waals surface area contributed by atoms with Crippen LogP contribution in [0, 0.1) is 5.41 Å². The highest BCUT2D eigenvalue weighted by molar-refractivity contribution is 5.99. The number of anilines is 1. The van der Waals surface area contributed by atoms with Crippen LogP contribution in [0.5, 0.6) is 0 Å². The quantitative estimate of drug-likeness (QED) is 0.832. The Bertz CT molecular complexity index is 428. The molecule has 1 aromatic rings. The molecule has 106 valence electrons. The molecule has 1 amide bonds. The van der Waals surface area contributed by atoms with Crippen molar-refractivity contribution < 1.29 is 4.79 Å². The second-order valence-corrected chi connectivity index (χ2v) is 5.33. The van der Waals surface area contributed by atoms with E-state index in [1.165, 1.54) is 25.7 Å². The first-order valence-corrected chi connectivity index (χ1v) is 6.80. The van der Waals surface area contributed by atoms with Crippen LogP contribution in [0.3, 0.4) is 0 Å². The number of nitrogens with one attached hydrogen (secondary N) is 1. The van der Waals surface area contributed by atoms with Crippen molar-refractivity contribution in [3.05, 3.63) is 29.8 Å². The lowest BCUT2D eigenvalue weighted by atomic mass is 9.83. The van der Waals surface area contributed by atoms with Crippen molar-refractivity contribution in [2.75, 3.05) is 12.3 Å². The topological polar surface area (TPSA) is 55.1 Å². The molecular weight excluding hydrogens is 260 g/mol. The standard InChI is InChI=1S/C15H22N2O.ClH/c1-2-15(9-5-6-10-15)11-17-14(18)12-7-3-4-8-13(12)16;/h3-4,7-8H,2,5-6,9-11,16H2,1H3,(H,17,18);1H. The molecule has 4 heteroatoms. The lowest BCUT2D eigenvalue weighted by Crippen LogP contribution is -2.35. The number of carbonyl (C=O) groups is 1. The Morgan fingerprint density at radius 1 is 1.32 bits per heavy atom. The maximum atomic E-state index is 12.1. The van der Waals surface area contributed by atoms with E-state index in [0.717, 1.165) is 13.0 Å². The van der Waals surface area contributed by atoms with Gasteiger partial charge in [0.25, 0.3) is 5.91 Å². The summed E-state index contributed by atoms with van der Waals surface area (Å²) in [6.07, 6.45) is 6.17. The number of nitrogen functional groups attached to an aromatic ring is 1. The Morgan fingerprint density at radius 2 is 1.95 bits per heavy atom. The molecule has 19 heavy (non-hydrogen) atoms. The summed E-state index contributed by atoms with van der Waals surface area (Å²) in [5.41, 5.74) is 7.26. The third-order valence-electron chi connectivity index (χ3n) is 4.24. The van der Waals surface area contributed by atoms with E-state index in [0.29, 0.717) is 16.7 Å². The van der Waals surface area contributed by atoms with Gasteiger partial charge in [-0.15, -0.1) is 12.4 Å². The highest BCUT2D eigenvalue weighted by atomic mass is 35.5. The fourth-order valence-corrected chi connectivity index (χ4v) is 2.85. The molecule has 3 nitrogen and oxygen atoms in total. The summed E-state index contributed by atoms with van der Waals surface area (Å²) >= 11 is 0. The van der Waals surface area contributed by atoms with Crippen LogP contribution < -0.4 is 11.1 Å². The van der Waals surface area contributed by atoms with E-state index in [1.807, 2.05) is 12.1 Å². The third kappa shape index (κ3) is 3.63. The molecule has 1 fully saturated rings. The molecule has 1 aliphatic rings. The average Bonchev–Trinajstić information content (AvgIpc) is 2.86. The fourth-order valence-electron chi connectivity index (χ4n) is 2.85. The Hall–Kier alpha value is -1.22. The van der Waals surface area contributed by atoms with Crippen LogP contribution in [0.2, 0.25) is 0 Å². The first-order valence-electron chi connectivity index (χ1n) is 6.80. The minimum atomic E-state index is -0.0483. The second-order valence-electron chi connectivity index (χ2n) is 5.33.